The molecule has 0 unspecified atom stereocenters. The van der Waals surface area contributed by atoms with Crippen molar-refractivity contribution in [2.24, 2.45) is 7.05 Å². The summed E-state index contributed by atoms with van der Waals surface area (Å²) in [5.74, 6) is 0. The van der Waals surface area contributed by atoms with E-state index in [9.17, 15) is 0 Å². The molecule has 3 heterocycles. The SMILES string of the molecule is Cn1c2ccccc2c2ccc(-c3ccc4c(c3)c3cc(-c5ccc6c7ccccc7n(-c7ccccc7)c6c5)ccc3n4-c3ccccc3)cc21. The van der Waals surface area contributed by atoms with Crippen LogP contribution in [0, 0.1) is 0 Å². The summed E-state index contributed by atoms with van der Waals surface area (Å²) in [7, 11) is 2.17. The summed E-state index contributed by atoms with van der Waals surface area (Å²) in [6, 6.07) is 66.6. The number of aryl methyl sites for hydroxylation is 1. The zero-order valence-corrected chi connectivity index (χ0v) is 28.7. The van der Waals surface area contributed by atoms with Crippen LogP contribution in [0.5, 0.6) is 0 Å². The van der Waals surface area contributed by atoms with Gasteiger partial charge in [-0.05, 0) is 95.1 Å². The Bertz CT molecular complexity index is 3180. The molecule has 0 fully saturated rings. The summed E-state index contributed by atoms with van der Waals surface area (Å²) in [6.45, 7) is 0. The lowest BCUT2D eigenvalue weighted by atomic mass is 9.99. The quantitative estimate of drug-likeness (QED) is 0.178. The van der Waals surface area contributed by atoms with Gasteiger partial charge in [-0.1, -0.05) is 109 Å². The Labute approximate surface area is 300 Å². The fraction of sp³-hybridized carbons (Fsp3) is 0.0204. The van der Waals surface area contributed by atoms with Crippen LogP contribution >= 0.6 is 0 Å². The predicted molar refractivity (Wildman–Crippen MR) is 220 cm³/mol. The highest BCUT2D eigenvalue weighted by atomic mass is 15.0. The molecule has 244 valence electrons. The van der Waals surface area contributed by atoms with E-state index in [1.807, 2.05) is 0 Å². The molecule has 3 aromatic heterocycles. The zero-order valence-electron chi connectivity index (χ0n) is 28.7. The fourth-order valence-corrected chi connectivity index (χ4v) is 8.58. The molecule has 0 aliphatic heterocycles. The zero-order chi connectivity index (χ0) is 34.3. The Morgan fingerprint density at radius 1 is 0.269 bits per heavy atom. The van der Waals surface area contributed by atoms with E-state index >= 15 is 0 Å². The van der Waals surface area contributed by atoms with Gasteiger partial charge in [0, 0.05) is 61.8 Å². The van der Waals surface area contributed by atoms with E-state index in [0.717, 1.165) is 5.69 Å². The van der Waals surface area contributed by atoms with E-state index in [0.29, 0.717) is 0 Å². The van der Waals surface area contributed by atoms with E-state index in [1.165, 1.54) is 93.4 Å². The molecule has 0 aliphatic carbocycles. The van der Waals surface area contributed by atoms with Crippen LogP contribution in [0.25, 0.3) is 99.0 Å². The Morgan fingerprint density at radius 2 is 0.654 bits per heavy atom. The second-order valence-corrected chi connectivity index (χ2v) is 13.9. The lowest BCUT2D eigenvalue weighted by molar-refractivity contribution is 1.01. The fourth-order valence-electron chi connectivity index (χ4n) is 8.58. The second-order valence-electron chi connectivity index (χ2n) is 13.9. The summed E-state index contributed by atoms with van der Waals surface area (Å²) in [6.07, 6.45) is 0. The second kappa shape index (κ2) is 11.1. The van der Waals surface area contributed by atoms with Gasteiger partial charge in [0.25, 0.3) is 0 Å². The molecule has 0 saturated heterocycles. The first-order valence-corrected chi connectivity index (χ1v) is 17.9. The minimum absolute atomic E-state index is 1.16. The van der Waals surface area contributed by atoms with Gasteiger partial charge in [0.05, 0.1) is 22.1 Å². The van der Waals surface area contributed by atoms with Gasteiger partial charge in [-0.25, -0.2) is 0 Å². The van der Waals surface area contributed by atoms with Gasteiger partial charge in [-0.3, -0.25) is 0 Å². The van der Waals surface area contributed by atoms with Gasteiger partial charge in [0.2, 0.25) is 0 Å². The molecule has 0 bridgehead atoms. The number of para-hydroxylation sites is 4. The van der Waals surface area contributed by atoms with Crippen LogP contribution in [0.1, 0.15) is 0 Å². The number of benzene rings is 8. The third kappa shape index (κ3) is 4.20. The average Bonchev–Trinajstić information content (AvgIpc) is 3.82. The first kappa shape index (κ1) is 28.9. The van der Waals surface area contributed by atoms with Crippen LogP contribution in [0.15, 0.2) is 182 Å². The van der Waals surface area contributed by atoms with Gasteiger partial charge >= 0.3 is 0 Å². The van der Waals surface area contributed by atoms with Crippen LogP contribution in [-0.4, -0.2) is 13.7 Å². The Kier molecular flexibility index (Phi) is 6.17. The van der Waals surface area contributed by atoms with Gasteiger partial charge in [-0.2, -0.15) is 0 Å². The van der Waals surface area contributed by atoms with E-state index in [-0.39, 0.29) is 0 Å². The van der Waals surface area contributed by atoms with Crippen molar-refractivity contribution in [3.05, 3.63) is 182 Å². The third-order valence-corrected chi connectivity index (χ3v) is 11.0. The molecule has 0 spiro atoms. The summed E-state index contributed by atoms with van der Waals surface area (Å²) in [4.78, 5) is 0. The van der Waals surface area contributed by atoms with Crippen molar-refractivity contribution in [3.63, 3.8) is 0 Å². The Morgan fingerprint density at radius 3 is 1.25 bits per heavy atom. The third-order valence-electron chi connectivity index (χ3n) is 11.0. The topological polar surface area (TPSA) is 14.8 Å². The predicted octanol–water partition coefficient (Wildman–Crippen LogP) is 12.9. The molecule has 11 aromatic rings. The van der Waals surface area contributed by atoms with Gasteiger partial charge in [-0.15, -0.1) is 0 Å². The van der Waals surface area contributed by atoms with E-state index in [1.54, 1.807) is 0 Å². The highest BCUT2D eigenvalue weighted by Crippen LogP contribution is 2.40. The standard InChI is InChI=1S/C49H33N3/c1-50-44-18-10-8-16-38(44)40-24-20-34(30-48(40)50)32-22-26-46-42(28-32)43-29-33(23-27-47(43)51(46)36-12-4-2-5-13-36)35-21-25-41-39-17-9-11-19-45(39)52(49(41)31-35)37-14-6-3-7-15-37/h2-31H,1H3. The van der Waals surface area contributed by atoms with E-state index < -0.39 is 0 Å². The van der Waals surface area contributed by atoms with E-state index in [2.05, 4.69) is 203 Å². The molecule has 0 radical (unpaired) electrons. The molecule has 0 aliphatic rings. The van der Waals surface area contributed by atoms with Crippen LogP contribution in [0.2, 0.25) is 0 Å². The molecule has 52 heavy (non-hydrogen) atoms. The lowest BCUT2D eigenvalue weighted by Gasteiger charge is -2.10. The van der Waals surface area contributed by atoms with Gasteiger partial charge in [0.15, 0.2) is 0 Å². The Balaban J connectivity index is 1.13. The molecule has 8 aromatic carbocycles. The smallest absolute Gasteiger partial charge is 0.0547 e. The van der Waals surface area contributed by atoms with Crippen molar-refractivity contribution in [1.82, 2.24) is 13.7 Å². The molecule has 0 atom stereocenters. The lowest BCUT2D eigenvalue weighted by Crippen LogP contribution is -1.93. The number of hydrogen-bond acceptors (Lipinski definition) is 0. The summed E-state index contributed by atoms with van der Waals surface area (Å²) < 4.78 is 7.11. The number of nitrogens with zero attached hydrogens (tertiary/aromatic N) is 3. The molecular formula is C49H33N3. The molecule has 0 amide bonds. The first-order chi connectivity index (χ1) is 25.7. The molecule has 3 heteroatoms. The van der Waals surface area contributed by atoms with Crippen molar-refractivity contribution >= 4 is 65.4 Å². The number of rotatable bonds is 4. The maximum atomic E-state index is 2.40. The number of fused-ring (bicyclic) bond motifs is 9. The maximum Gasteiger partial charge on any atom is 0.0547 e. The van der Waals surface area contributed by atoms with E-state index in [4.69, 9.17) is 0 Å². The molecular weight excluding hydrogens is 631 g/mol. The highest BCUT2D eigenvalue weighted by Gasteiger charge is 2.17. The minimum Gasteiger partial charge on any atom is -0.344 e. The van der Waals surface area contributed by atoms with Crippen LogP contribution in [0.3, 0.4) is 0 Å². The summed E-state index contributed by atoms with van der Waals surface area (Å²) in [5, 5.41) is 7.60. The van der Waals surface area contributed by atoms with Gasteiger partial charge in [0.1, 0.15) is 0 Å². The Hall–Kier alpha value is -6.84. The number of hydrogen-bond donors (Lipinski definition) is 0. The van der Waals surface area contributed by atoms with Crippen molar-refractivity contribution in [1.29, 1.82) is 0 Å². The maximum absolute atomic E-state index is 2.40. The summed E-state index contributed by atoms with van der Waals surface area (Å²) in [5.41, 5.74) is 14.5. The molecule has 0 saturated carbocycles. The molecule has 11 rings (SSSR count). The van der Waals surface area contributed by atoms with Gasteiger partial charge < -0.3 is 13.7 Å². The molecule has 0 N–H and O–H groups in total. The largest absolute Gasteiger partial charge is 0.344 e. The molecule has 3 nitrogen and oxygen atoms in total. The monoisotopic (exact) mass is 663 g/mol. The van der Waals surface area contributed by atoms with Crippen molar-refractivity contribution in [2.45, 2.75) is 0 Å². The van der Waals surface area contributed by atoms with Crippen LogP contribution in [-0.2, 0) is 7.05 Å². The van der Waals surface area contributed by atoms with Crippen LogP contribution < -0.4 is 0 Å². The normalized spacial score (nSPS) is 11.9. The van der Waals surface area contributed by atoms with Crippen LogP contribution in [0.4, 0.5) is 0 Å². The number of aromatic nitrogens is 3. The first-order valence-electron chi connectivity index (χ1n) is 17.9. The van der Waals surface area contributed by atoms with Crippen molar-refractivity contribution < 1.29 is 0 Å². The average molecular weight is 664 g/mol. The van der Waals surface area contributed by atoms with Crippen molar-refractivity contribution in [3.8, 4) is 33.6 Å². The summed E-state index contributed by atoms with van der Waals surface area (Å²) >= 11 is 0. The van der Waals surface area contributed by atoms with Crippen molar-refractivity contribution in [2.75, 3.05) is 0 Å². The highest BCUT2D eigenvalue weighted by molar-refractivity contribution is 6.14. The minimum atomic E-state index is 1.16.